The fraction of sp³-hybridized carbons (Fsp3) is 0.167. The lowest BCUT2D eigenvalue weighted by molar-refractivity contribution is 0.0788. The second-order valence-electron chi connectivity index (χ2n) is 3.74. The average molecular weight is 230 g/mol. The first-order chi connectivity index (χ1) is 8.29. The van der Waals surface area contributed by atoms with Crippen LogP contribution >= 0.6 is 0 Å². The molecule has 3 aromatic rings. The first-order valence-corrected chi connectivity index (χ1v) is 5.22. The Hall–Kier alpha value is -1.98. The third-order valence-corrected chi connectivity index (χ3v) is 2.60. The lowest BCUT2D eigenvalue weighted by Crippen LogP contribution is -2.02. The summed E-state index contributed by atoms with van der Waals surface area (Å²) in [6.45, 7) is -0.406. The molecule has 2 aromatic heterocycles. The number of aliphatic hydroxyl groups excluding tert-OH is 2. The number of hydrogen-bond acceptors (Lipinski definition) is 5. The molecule has 3 rings (SSSR count). The Morgan fingerprint density at radius 1 is 1.12 bits per heavy atom. The van der Waals surface area contributed by atoms with Crippen molar-refractivity contribution in [2.24, 2.45) is 0 Å². The van der Waals surface area contributed by atoms with Gasteiger partial charge in [0.05, 0.1) is 17.6 Å². The van der Waals surface area contributed by atoms with Crippen molar-refractivity contribution in [3.63, 3.8) is 0 Å². The minimum absolute atomic E-state index is 0.251. The van der Waals surface area contributed by atoms with Gasteiger partial charge in [-0.3, -0.25) is 0 Å². The molecule has 2 N–H and O–H groups in total. The zero-order valence-corrected chi connectivity index (χ0v) is 8.87. The molecule has 0 aliphatic rings. The Kier molecular flexibility index (Phi) is 2.28. The van der Waals surface area contributed by atoms with Crippen LogP contribution in [0.5, 0.6) is 0 Å². The van der Waals surface area contributed by atoms with Crippen molar-refractivity contribution in [3.05, 3.63) is 36.3 Å². The van der Waals surface area contributed by atoms with Gasteiger partial charge in [0.2, 0.25) is 0 Å². The summed E-state index contributed by atoms with van der Waals surface area (Å²) in [4.78, 5) is 8.75. The molecular formula is C12H10N2O3. The maximum absolute atomic E-state index is 9.58. The highest BCUT2D eigenvalue weighted by atomic mass is 16.4. The molecule has 17 heavy (non-hydrogen) atoms. The lowest BCUT2D eigenvalue weighted by Gasteiger charge is -2.03. The molecule has 1 atom stereocenters. The number of nitrogens with zero attached hydrogens (tertiary/aromatic N) is 2. The molecule has 1 unspecified atom stereocenters. The van der Waals surface area contributed by atoms with Crippen LogP contribution < -0.4 is 0 Å². The summed E-state index contributed by atoms with van der Waals surface area (Å²) in [7, 11) is 0. The number of para-hydroxylation sites is 2. The van der Waals surface area contributed by atoms with Crippen molar-refractivity contribution < 1.29 is 14.6 Å². The largest absolute Gasteiger partial charge is 0.462 e. The van der Waals surface area contributed by atoms with Gasteiger partial charge in [0.25, 0.3) is 0 Å². The van der Waals surface area contributed by atoms with Gasteiger partial charge in [-0.05, 0) is 12.1 Å². The second kappa shape index (κ2) is 3.80. The highest BCUT2D eigenvalue weighted by Crippen LogP contribution is 2.25. The van der Waals surface area contributed by atoms with Crippen molar-refractivity contribution in [1.29, 1.82) is 0 Å². The Morgan fingerprint density at radius 2 is 1.82 bits per heavy atom. The van der Waals surface area contributed by atoms with Crippen LogP contribution in [0, 0.1) is 0 Å². The summed E-state index contributed by atoms with van der Waals surface area (Å²) in [6, 6.07) is 7.44. The van der Waals surface area contributed by atoms with E-state index in [9.17, 15) is 5.11 Å². The molecular weight excluding hydrogens is 220 g/mol. The van der Waals surface area contributed by atoms with E-state index in [1.807, 2.05) is 24.3 Å². The fourth-order valence-corrected chi connectivity index (χ4v) is 1.77. The predicted octanol–water partition coefficient (Wildman–Crippen LogP) is 1.40. The van der Waals surface area contributed by atoms with E-state index in [4.69, 9.17) is 9.52 Å². The number of hydrogen-bond donors (Lipinski definition) is 2. The van der Waals surface area contributed by atoms with Crippen LogP contribution in [0.3, 0.4) is 0 Å². The van der Waals surface area contributed by atoms with E-state index in [0.717, 1.165) is 11.0 Å². The number of fused-ring (bicyclic) bond motifs is 2. The van der Waals surface area contributed by atoms with Gasteiger partial charge in [-0.1, -0.05) is 12.1 Å². The number of aliphatic hydroxyl groups is 2. The molecule has 0 aliphatic heterocycles. The van der Waals surface area contributed by atoms with Gasteiger partial charge in [-0.2, -0.15) is 0 Å². The first-order valence-electron chi connectivity index (χ1n) is 5.22. The van der Waals surface area contributed by atoms with Crippen LogP contribution in [0.4, 0.5) is 0 Å². The lowest BCUT2D eigenvalue weighted by atomic mass is 10.2. The van der Waals surface area contributed by atoms with Crippen LogP contribution in [0.1, 0.15) is 11.9 Å². The van der Waals surface area contributed by atoms with Crippen LogP contribution in [-0.4, -0.2) is 26.8 Å². The molecule has 0 saturated heterocycles. The van der Waals surface area contributed by atoms with E-state index < -0.39 is 12.7 Å². The van der Waals surface area contributed by atoms with Crippen molar-refractivity contribution in [3.8, 4) is 0 Å². The van der Waals surface area contributed by atoms with E-state index in [2.05, 4.69) is 9.97 Å². The first kappa shape index (κ1) is 10.2. The monoisotopic (exact) mass is 230 g/mol. The standard InChI is InChI=1S/C12H10N2O3/c15-5-10(16)12-11-9(6-17-12)13-7-3-1-2-4-8(7)14-11/h1-4,6,10,15-16H,5H2. The predicted molar refractivity (Wildman–Crippen MR) is 61.4 cm³/mol. The molecule has 5 nitrogen and oxygen atoms in total. The third-order valence-electron chi connectivity index (χ3n) is 2.60. The number of furan rings is 1. The molecule has 2 heterocycles. The van der Waals surface area contributed by atoms with Crippen LogP contribution in [0.2, 0.25) is 0 Å². The highest BCUT2D eigenvalue weighted by molar-refractivity contribution is 5.87. The van der Waals surface area contributed by atoms with Crippen molar-refractivity contribution in [1.82, 2.24) is 9.97 Å². The van der Waals surface area contributed by atoms with Crippen molar-refractivity contribution >= 4 is 22.1 Å². The third kappa shape index (κ3) is 1.56. The highest BCUT2D eigenvalue weighted by Gasteiger charge is 2.17. The molecule has 0 radical (unpaired) electrons. The molecule has 0 bridgehead atoms. The summed E-state index contributed by atoms with van der Waals surface area (Å²) >= 11 is 0. The summed E-state index contributed by atoms with van der Waals surface area (Å²) in [5.41, 5.74) is 2.56. The van der Waals surface area contributed by atoms with Gasteiger partial charge < -0.3 is 14.6 Å². The van der Waals surface area contributed by atoms with E-state index in [1.54, 1.807) is 0 Å². The Bertz CT molecular complexity index is 678. The van der Waals surface area contributed by atoms with Gasteiger partial charge in [-0.15, -0.1) is 0 Å². The molecule has 0 spiro atoms. The zero-order chi connectivity index (χ0) is 11.8. The quantitative estimate of drug-likeness (QED) is 0.695. The van der Waals surface area contributed by atoms with Crippen LogP contribution in [-0.2, 0) is 0 Å². The average Bonchev–Trinajstić information content (AvgIpc) is 2.78. The molecule has 1 aromatic carbocycles. The topological polar surface area (TPSA) is 79.4 Å². The van der Waals surface area contributed by atoms with Gasteiger partial charge in [0.1, 0.15) is 23.4 Å². The maximum Gasteiger partial charge on any atom is 0.162 e. The fourth-order valence-electron chi connectivity index (χ4n) is 1.77. The van der Waals surface area contributed by atoms with Crippen molar-refractivity contribution in [2.75, 3.05) is 6.61 Å². The Morgan fingerprint density at radius 3 is 2.53 bits per heavy atom. The minimum Gasteiger partial charge on any atom is -0.462 e. The summed E-state index contributed by atoms with van der Waals surface area (Å²) in [5.74, 6) is 0.251. The number of aromatic nitrogens is 2. The van der Waals surface area contributed by atoms with Gasteiger partial charge in [0, 0.05) is 0 Å². The Labute approximate surface area is 96.3 Å². The smallest absolute Gasteiger partial charge is 0.162 e. The molecule has 0 aliphatic carbocycles. The molecule has 0 saturated carbocycles. The summed E-state index contributed by atoms with van der Waals surface area (Å²) < 4.78 is 5.20. The van der Waals surface area contributed by atoms with E-state index in [1.165, 1.54) is 6.26 Å². The van der Waals surface area contributed by atoms with E-state index in [0.29, 0.717) is 11.0 Å². The summed E-state index contributed by atoms with van der Waals surface area (Å²) in [5, 5.41) is 18.5. The summed E-state index contributed by atoms with van der Waals surface area (Å²) in [6.07, 6.45) is 0.367. The maximum atomic E-state index is 9.58. The molecule has 0 fully saturated rings. The van der Waals surface area contributed by atoms with Crippen LogP contribution in [0.25, 0.3) is 22.1 Å². The van der Waals surface area contributed by atoms with Gasteiger partial charge in [0.15, 0.2) is 5.76 Å². The zero-order valence-electron chi connectivity index (χ0n) is 8.87. The van der Waals surface area contributed by atoms with Gasteiger partial charge >= 0.3 is 0 Å². The number of benzene rings is 1. The molecule has 5 heteroatoms. The van der Waals surface area contributed by atoms with Crippen LogP contribution in [0.15, 0.2) is 34.9 Å². The molecule has 0 amide bonds. The van der Waals surface area contributed by atoms with Gasteiger partial charge in [-0.25, -0.2) is 9.97 Å². The number of rotatable bonds is 2. The normalized spacial score (nSPS) is 13.3. The van der Waals surface area contributed by atoms with E-state index in [-0.39, 0.29) is 5.76 Å². The Balaban J connectivity index is 2.31. The van der Waals surface area contributed by atoms with E-state index >= 15 is 0 Å². The second-order valence-corrected chi connectivity index (χ2v) is 3.74. The minimum atomic E-state index is -1.07. The van der Waals surface area contributed by atoms with Crippen molar-refractivity contribution in [2.45, 2.75) is 6.10 Å². The molecule has 86 valence electrons. The SMILES string of the molecule is OCC(O)c1occ2nc3ccccc3nc12.